The summed E-state index contributed by atoms with van der Waals surface area (Å²) in [7, 11) is 0. The smallest absolute Gasteiger partial charge is 0.0827 e. The number of nitrogens with two attached hydrogens (primary N) is 1. The summed E-state index contributed by atoms with van der Waals surface area (Å²) in [4.78, 5) is 0. The van der Waals surface area contributed by atoms with Crippen LogP contribution in [-0.4, -0.2) is 21.5 Å². The second-order valence-electron chi connectivity index (χ2n) is 4.40. The lowest BCUT2D eigenvalue weighted by molar-refractivity contribution is 0.482. The molecule has 1 rings (SSSR count). The Balaban J connectivity index is 2.26. The second kappa shape index (κ2) is 6.56. The molecule has 1 heterocycles. The molecule has 4 nitrogen and oxygen atoms in total. The maximum absolute atomic E-state index is 5.44. The molecule has 0 unspecified atom stereocenters. The molecule has 1 aromatic rings. The first-order valence-corrected chi connectivity index (χ1v) is 5.81. The van der Waals surface area contributed by atoms with Crippen LogP contribution in [-0.2, 0) is 13.0 Å². The summed E-state index contributed by atoms with van der Waals surface area (Å²) in [6, 6.07) is 0. The number of aromatic nitrogens is 3. The van der Waals surface area contributed by atoms with Gasteiger partial charge in [-0.3, -0.25) is 4.68 Å². The molecule has 0 aliphatic carbocycles. The highest BCUT2D eigenvalue weighted by atomic mass is 15.4. The Labute approximate surface area is 91.9 Å². The van der Waals surface area contributed by atoms with Crippen LogP contribution in [0.5, 0.6) is 0 Å². The molecule has 0 aromatic carbocycles. The van der Waals surface area contributed by atoms with E-state index >= 15 is 0 Å². The van der Waals surface area contributed by atoms with Crippen molar-refractivity contribution in [2.24, 2.45) is 11.7 Å². The normalized spacial score (nSPS) is 11.2. The fourth-order valence-corrected chi connectivity index (χ4v) is 1.51. The van der Waals surface area contributed by atoms with Gasteiger partial charge in [-0.2, -0.15) is 0 Å². The predicted molar refractivity (Wildman–Crippen MR) is 61.5 cm³/mol. The maximum Gasteiger partial charge on any atom is 0.0827 e. The van der Waals surface area contributed by atoms with E-state index in [-0.39, 0.29) is 0 Å². The van der Waals surface area contributed by atoms with E-state index in [4.69, 9.17) is 5.73 Å². The Morgan fingerprint density at radius 1 is 1.40 bits per heavy atom. The van der Waals surface area contributed by atoms with Gasteiger partial charge in [0.2, 0.25) is 0 Å². The number of aryl methyl sites for hydroxylation is 2. The lowest BCUT2D eigenvalue weighted by Gasteiger charge is -2.03. The van der Waals surface area contributed by atoms with Crippen LogP contribution < -0.4 is 5.73 Å². The SMILES string of the molecule is CC(C)CCCn1cc(CCCN)nn1. The van der Waals surface area contributed by atoms with E-state index in [2.05, 4.69) is 24.2 Å². The van der Waals surface area contributed by atoms with E-state index in [9.17, 15) is 0 Å². The molecular weight excluding hydrogens is 188 g/mol. The van der Waals surface area contributed by atoms with Crippen molar-refractivity contribution in [3.05, 3.63) is 11.9 Å². The quantitative estimate of drug-likeness (QED) is 0.743. The molecule has 2 N–H and O–H groups in total. The fourth-order valence-electron chi connectivity index (χ4n) is 1.51. The minimum absolute atomic E-state index is 0.722. The molecule has 0 saturated heterocycles. The van der Waals surface area contributed by atoms with E-state index in [1.54, 1.807) is 0 Å². The molecule has 0 fully saturated rings. The van der Waals surface area contributed by atoms with Gasteiger partial charge in [-0.25, -0.2) is 0 Å². The van der Waals surface area contributed by atoms with E-state index in [1.807, 2.05) is 10.9 Å². The molecule has 0 amide bonds. The maximum atomic E-state index is 5.44. The van der Waals surface area contributed by atoms with Crippen LogP contribution in [0.1, 0.15) is 38.8 Å². The third-order valence-corrected chi connectivity index (χ3v) is 2.39. The van der Waals surface area contributed by atoms with Gasteiger partial charge in [0.1, 0.15) is 0 Å². The molecule has 0 bridgehead atoms. The predicted octanol–water partition coefficient (Wildman–Crippen LogP) is 1.61. The third kappa shape index (κ3) is 4.93. The van der Waals surface area contributed by atoms with Crippen LogP contribution >= 0.6 is 0 Å². The first-order chi connectivity index (χ1) is 7.22. The number of rotatable bonds is 7. The average Bonchev–Trinajstić information content (AvgIpc) is 2.62. The largest absolute Gasteiger partial charge is 0.330 e. The molecule has 0 radical (unpaired) electrons. The van der Waals surface area contributed by atoms with Gasteiger partial charge in [-0.05, 0) is 38.1 Å². The lowest BCUT2D eigenvalue weighted by Crippen LogP contribution is -2.01. The van der Waals surface area contributed by atoms with Crippen molar-refractivity contribution in [1.29, 1.82) is 0 Å². The molecule has 0 saturated carbocycles. The Morgan fingerprint density at radius 2 is 2.20 bits per heavy atom. The highest BCUT2D eigenvalue weighted by Gasteiger charge is 2.00. The first kappa shape index (κ1) is 12.2. The Morgan fingerprint density at radius 3 is 2.87 bits per heavy atom. The minimum Gasteiger partial charge on any atom is -0.330 e. The van der Waals surface area contributed by atoms with Gasteiger partial charge in [0.15, 0.2) is 0 Å². The van der Waals surface area contributed by atoms with Crippen LogP contribution in [0.15, 0.2) is 6.20 Å². The Hall–Kier alpha value is -0.900. The van der Waals surface area contributed by atoms with Gasteiger partial charge in [-0.1, -0.05) is 19.1 Å². The summed E-state index contributed by atoms with van der Waals surface area (Å²) in [6.45, 7) is 6.19. The zero-order chi connectivity index (χ0) is 11.1. The van der Waals surface area contributed by atoms with E-state index in [0.29, 0.717) is 0 Å². The first-order valence-electron chi connectivity index (χ1n) is 5.81. The van der Waals surface area contributed by atoms with Crippen LogP contribution in [0.25, 0.3) is 0 Å². The number of hydrogen-bond donors (Lipinski definition) is 1. The molecule has 15 heavy (non-hydrogen) atoms. The molecule has 4 heteroatoms. The van der Waals surface area contributed by atoms with E-state index in [0.717, 1.165) is 37.5 Å². The van der Waals surface area contributed by atoms with E-state index < -0.39 is 0 Å². The molecule has 0 aliphatic heterocycles. The minimum atomic E-state index is 0.722. The van der Waals surface area contributed by atoms with Crippen molar-refractivity contribution in [2.45, 2.75) is 46.1 Å². The van der Waals surface area contributed by atoms with Gasteiger partial charge < -0.3 is 5.73 Å². The summed E-state index contributed by atoms with van der Waals surface area (Å²) >= 11 is 0. The molecule has 1 aromatic heterocycles. The van der Waals surface area contributed by atoms with Gasteiger partial charge in [0, 0.05) is 12.7 Å². The molecule has 86 valence electrons. The van der Waals surface area contributed by atoms with Gasteiger partial charge in [0.25, 0.3) is 0 Å². The third-order valence-electron chi connectivity index (χ3n) is 2.39. The summed E-state index contributed by atoms with van der Waals surface area (Å²) in [5, 5.41) is 8.20. The zero-order valence-electron chi connectivity index (χ0n) is 9.82. The number of hydrogen-bond acceptors (Lipinski definition) is 3. The monoisotopic (exact) mass is 210 g/mol. The van der Waals surface area contributed by atoms with Crippen LogP contribution in [0.4, 0.5) is 0 Å². The zero-order valence-corrected chi connectivity index (χ0v) is 9.82. The second-order valence-corrected chi connectivity index (χ2v) is 4.40. The highest BCUT2D eigenvalue weighted by Crippen LogP contribution is 2.05. The summed E-state index contributed by atoms with van der Waals surface area (Å²) in [5.41, 5.74) is 6.50. The van der Waals surface area contributed by atoms with E-state index in [1.165, 1.54) is 12.8 Å². The highest BCUT2D eigenvalue weighted by molar-refractivity contribution is 4.92. The fraction of sp³-hybridized carbons (Fsp3) is 0.818. The van der Waals surface area contributed by atoms with Gasteiger partial charge >= 0.3 is 0 Å². The molecular formula is C11H22N4. The van der Waals surface area contributed by atoms with Crippen molar-refractivity contribution in [1.82, 2.24) is 15.0 Å². The summed E-state index contributed by atoms with van der Waals surface area (Å²) in [6.07, 6.45) is 6.40. The molecule has 0 spiro atoms. The number of nitrogens with zero attached hydrogens (tertiary/aromatic N) is 3. The summed E-state index contributed by atoms with van der Waals surface area (Å²) in [5.74, 6) is 0.769. The summed E-state index contributed by atoms with van der Waals surface area (Å²) < 4.78 is 1.94. The topological polar surface area (TPSA) is 56.7 Å². The average molecular weight is 210 g/mol. The van der Waals surface area contributed by atoms with Crippen LogP contribution in [0, 0.1) is 5.92 Å². The van der Waals surface area contributed by atoms with Crippen molar-refractivity contribution in [3.63, 3.8) is 0 Å². The van der Waals surface area contributed by atoms with Crippen LogP contribution in [0.3, 0.4) is 0 Å². The van der Waals surface area contributed by atoms with Gasteiger partial charge in [0.05, 0.1) is 5.69 Å². The molecule has 0 atom stereocenters. The molecule has 0 aliphatic rings. The Kier molecular flexibility index (Phi) is 5.32. The Bertz CT molecular complexity index is 267. The van der Waals surface area contributed by atoms with Crippen molar-refractivity contribution < 1.29 is 0 Å². The van der Waals surface area contributed by atoms with Crippen molar-refractivity contribution in [3.8, 4) is 0 Å². The van der Waals surface area contributed by atoms with Gasteiger partial charge in [-0.15, -0.1) is 5.10 Å². The lowest BCUT2D eigenvalue weighted by atomic mass is 10.1. The standard InChI is InChI=1S/C11H22N4/c1-10(2)5-4-8-15-9-11(13-14-15)6-3-7-12/h9-10H,3-8,12H2,1-2H3. The van der Waals surface area contributed by atoms with Crippen LogP contribution in [0.2, 0.25) is 0 Å². The van der Waals surface area contributed by atoms with Crippen molar-refractivity contribution >= 4 is 0 Å². The van der Waals surface area contributed by atoms with Crippen molar-refractivity contribution in [2.75, 3.05) is 6.54 Å².